The summed E-state index contributed by atoms with van der Waals surface area (Å²) >= 11 is 0. The molecule has 1 aromatic carbocycles. The normalized spacial score (nSPS) is 21.8. The van der Waals surface area contributed by atoms with Gasteiger partial charge in [-0.3, -0.25) is 4.79 Å². The Balaban J connectivity index is 2.20. The number of nitrogens with one attached hydrogen (secondary N) is 2. The smallest absolute Gasteiger partial charge is 0.241 e. The molecule has 1 heterocycles. The second-order valence-electron chi connectivity index (χ2n) is 3.59. The van der Waals surface area contributed by atoms with Crippen molar-refractivity contribution in [3.8, 4) is 0 Å². The van der Waals surface area contributed by atoms with Crippen molar-refractivity contribution in [1.82, 2.24) is 10.6 Å². The van der Waals surface area contributed by atoms with Gasteiger partial charge in [-0.1, -0.05) is 29.8 Å². The fourth-order valence-electron chi connectivity index (χ4n) is 1.63. The lowest BCUT2D eigenvalue weighted by Crippen LogP contribution is -2.47. The first-order valence-electron chi connectivity index (χ1n) is 4.85. The predicted molar refractivity (Wildman–Crippen MR) is 54.9 cm³/mol. The highest BCUT2D eigenvalue weighted by atomic mass is 16.2. The number of benzene rings is 1. The summed E-state index contributed by atoms with van der Waals surface area (Å²) in [5.74, 6) is 0.0695. The molecule has 14 heavy (non-hydrogen) atoms. The van der Waals surface area contributed by atoms with Gasteiger partial charge in [0.25, 0.3) is 0 Å². The molecule has 1 aliphatic rings. The molecule has 0 unspecified atom stereocenters. The third-order valence-corrected chi connectivity index (χ3v) is 2.45. The molecule has 1 saturated heterocycles. The molecule has 0 saturated carbocycles. The Morgan fingerprint density at radius 1 is 1.21 bits per heavy atom. The fourth-order valence-corrected chi connectivity index (χ4v) is 1.63. The maximum absolute atomic E-state index is 11.5. The molecule has 0 spiro atoms. The van der Waals surface area contributed by atoms with E-state index in [0.29, 0.717) is 0 Å². The Bertz CT molecular complexity index is 332. The minimum atomic E-state index is -0.177. The molecular formula is C11H14N2O. The minimum Gasteiger partial charge on any atom is -0.353 e. The molecule has 1 aliphatic heterocycles. The molecule has 0 aliphatic carbocycles. The van der Waals surface area contributed by atoms with Gasteiger partial charge in [-0.25, -0.2) is 0 Å². The summed E-state index contributed by atoms with van der Waals surface area (Å²) in [6.45, 7) is 3.60. The zero-order valence-corrected chi connectivity index (χ0v) is 8.21. The monoisotopic (exact) mass is 190 g/mol. The first-order valence-corrected chi connectivity index (χ1v) is 4.85. The van der Waals surface area contributed by atoms with Crippen LogP contribution in [0.4, 0.5) is 0 Å². The van der Waals surface area contributed by atoms with Crippen LogP contribution in [0.15, 0.2) is 24.3 Å². The molecule has 74 valence electrons. The van der Waals surface area contributed by atoms with Crippen LogP contribution in [0.3, 0.4) is 0 Å². The van der Waals surface area contributed by atoms with Gasteiger partial charge in [0, 0.05) is 13.1 Å². The molecule has 2 N–H and O–H groups in total. The van der Waals surface area contributed by atoms with E-state index in [1.165, 1.54) is 5.56 Å². The summed E-state index contributed by atoms with van der Waals surface area (Å²) in [4.78, 5) is 11.5. The molecule has 0 bridgehead atoms. The highest BCUT2D eigenvalue weighted by Crippen LogP contribution is 2.15. The van der Waals surface area contributed by atoms with Crippen LogP contribution < -0.4 is 10.6 Å². The summed E-state index contributed by atoms with van der Waals surface area (Å²) in [6, 6.07) is 7.87. The van der Waals surface area contributed by atoms with Crippen molar-refractivity contribution in [3.63, 3.8) is 0 Å². The van der Waals surface area contributed by atoms with E-state index in [4.69, 9.17) is 0 Å². The summed E-state index contributed by atoms with van der Waals surface area (Å²) in [7, 11) is 0. The molecule has 1 atom stereocenters. The zero-order chi connectivity index (χ0) is 9.97. The molecule has 3 nitrogen and oxygen atoms in total. The summed E-state index contributed by atoms with van der Waals surface area (Å²) in [5, 5.41) is 6.04. The Morgan fingerprint density at radius 2 is 1.93 bits per heavy atom. The molecule has 0 aromatic heterocycles. The standard InChI is InChI=1S/C11H14N2O/c1-8-2-4-9(5-3-8)10-11(14)13-7-6-12-10/h2-5,10,12H,6-7H2,1H3,(H,13,14)/t10-/m0/s1. The Morgan fingerprint density at radius 3 is 2.57 bits per heavy atom. The molecule has 1 aromatic rings. The van der Waals surface area contributed by atoms with Crippen LogP contribution >= 0.6 is 0 Å². The second kappa shape index (κ2) is 3.80. The van der Waals surface area contributed by atoms with E-state index < -0.39 is 0 Å². The number of carbonyl (C=O) groups excluding carboxylic acids is 1. The maximum Gasteiger partial charge on any atom is 0.241 e. The lowest BCUT2D eigenvalue weighted by Gasteiger charge is -2.23. The van der Waals surface area contributed by atoms with Crippen LogP contribution in [-0.2, 0) is 4.79 Å². The molecule has 3 heteroatoms. The van der Waals surface area contributed by atoms with E-state index in [-0.39, 0.29) is 11.9 Å². The summed E-state index contributed by atoms with van der Waals surface area (Å²) in [5.41, 5.74) is 2.25. The van der Waals surface area contributed by atoms with Crippen LogP contribution in [0.5, 0.6) is 0 Å². The first kappa shape index (κ1) is 9.21. The van der Waals surface area contributed by atoms with E-state index in [0.717, 1.165) is 18.7 Å². The van der Waals surface area contributed by atoms with Gasteiger partial charge in [0.1, 0.15) is 6.04 Å². The van der Waals surface area contributed by atoms with Gasteiger partial charge < -0.3 is 10.6 Å². The van der Waals surface area contributed by atoms with Crippen molar-refractivity contribution < 1.29 is 4.79 Å². The van der Waals surface area contributed by atoms with Crippen LogP contribution in [0.25, 0.3) is 0 Å². The SMILES string of the molecule is Cc1ccc([C@@H]2NCCNC2=O)cc1. The fraction of sp³-hybridized carbons (Fsp3) is 0.364. The lowest BCUT2D eigenvalue weighted by atomic mass is 10.0. The second-order valence-corrected chi connectivity index (χ2v) is 3.59. The number of hydrogen-bond donors (Lipinski definition) is 2. The van der Waals surface area contributed by atoms with Gasteiger partial charge >= 0.3 is 0 Å². The number of rotatable bonds is 1. The minimum absolute atomic E-state index is 0.0695. The third-order valence-electron chi connectivity index (χ3n) is 2.45. The number of piperazine rings is 1. The first-order chi connectivity index (χ1) is 6.77. The molecule has 1 fully saturated rings. The van der Waals surface area contributed by atoms with Crippen molar-refractivity contribution in [1.29, 1.82) is 0 Å². The summed E-state index contributed by atoms with van der Waals surface area (Å²) in [6.07, 6.45) is 0. The van der Waals surface area contributed by atoms with Gasteiger partial charge in [-0.05, 0) is 12.5 Å². The number of amides is 1. The largest absolute Gasteiger partial charge is 0.353 e. The van der Waals surface area contributed by atoms with Crippen molar-refractivity contribution in [2.45, 2.75) is 13.0 Å². The van der Waals surface area contributed by atoms with Crippen LogP contribution in [0.1, 0.15) is 17.2 Å². The topological polar surface area (TPSA) is 41.1 Å². The molecule has 1 amide bonds. The number of carbonyl (C=O) groups is 1. The average Bonchev–Trinajstić information content (AvgIpc) is 2.20. The van der Waals surface area contributed by atoms with E-state index in [1.807, 2.05) is 31.2 Å². The zero-order valence-electron chi connectivity index (χ0n) is 8.21. The van der Waals surface area contributed by atoms with Crippen LogP contribution in [0, 0.1) is 6.92 Å². The van der Waals surface area contributed by atoms with E-state index in [1.54, 1.807) is 0 Å². The summed E-state index contributed by atoms with van der Waals surface area (Å²) < 4.78 is 0. The Labute approximate surface area is 83.5 Å². The third kappa shape index (κ3) is 1.77. The van der Waals surface area contributed by atoms with Gasteiger partial charge in [0.15, 0.2) is 0 Å². The van der Waals surface area contributed by atoms with Gasteiger partial charge in [-0.15, -0.1) is 0 Å². The maximum atomic E-state index is 11.5. The van der Waals surface area contributed by atoms with Gasteiger partial charge in [-0.2, -0.15) is 0 Å². The van der Waals surface area contributed by atoms with E-state index in [2.05, 4.69) is 10.6 Å². The predicted octanol–water partition coefficient (Wildman–Crippen LogP) is 0.756. The van der Waals surface area contributed by atoms with Gasteiger partial charge in [0.05, 0.1) is 0 Å². The number of aryl methyl sites for hydroxylation is 1. The molecular weight excluding hydrogens is 176 g/mol. The highest BCUT2D eigenvalue weighted by molar-refractivity contribution is 5.83. The quantitative estimate of drug-likeness (QED) is 0.686. The van der Waals surface area contributed by atoms with Gasteiger partial charge in [0.2, 0.25) is 5.91 Å². The van der Waals surface area contributed by atoms with Crippen LogP contribution in [0.2, 0.25) is 0 Å². The Hall–Kier alpha value is -1.35. The molecule has 0 radical (unpaired) electrons. The molecule has 2 rings (SSSR count). The van der Waals surface area contributed by atoms with Crippen molar-refractivity contribution in [2.24, 2.45) is 0 Å². The van der Waals surface area contributed by atoms with Crippen LogP contribution in [-0.4, -0.2) is 19.0 Å². The highest BCUT2D eigenvalue weighted by Gasteiger charge is 2.22. The Kier molecular flexibility index (Phi) is 2.50. The van der Waals surface area contributed by atoms with E-state index >= 15 is 0 Å². The van der Waals surface area contributed by atoms with Crippen molar-refractivity contribution in [3.05, 3.63) is 35.4 Å². The number of hydrogen-bond acceptors (Lipinski definition) is 2. The van der Waals surface area contributed by atoms with Crippen molar-refractivity contribution >= 4 is 5.91 Å². The van der Waals surface area contributed by atoms with E-state index in [9.17, 15) is 4.79 Å². The van der Waals surface area contributed by atoms with Crippen molar-refractivity contribution in [2.75, 3.05) is 13.1 Å². The average molecular weight is 190 g/mol. The lowest BCUT2D eigenvalue weighted by molar-refractivity contribution is -0.124.